The molecule has 6 heteroatoms. The molecule has 2 aromatic carbocycles. The smallest absolute Gasteiger partial charge is 0.329 e. The van der Waals surface area contributed by atoms with Crippen molar-refractivity contribution in [2.24, 2.45) is 0 Å². The van der Waals surface area contributed by atoms with E-state index in [4.69, 9.17) is 0 Å². The molecule has 0 atom stereocenters. The van der Waals surface area contributed by atoms with Gasteiger partial charge in [0.25, 0.3) is 5.69 Å². The summed E-state index contributed by atoms with van der Waals surface area (Å²) in [5, 5.41) is 10.8. The third kappa shape index (κ3) is 5.20. The fourth-order valence-corrected chi connectivity index (χ4v) is 1.65. The molecule has 0 heterocycles. The maximum atomic E-state index is 12.1. The zero-order valence-electron chi connectivity index (χ0n) is 12.5. The van der Waals surface area contributed by atoms with Crippen molar-refractivity contribution in [1.82, 2.24) is 0 Å². The van der Waals surface area contributed by atoms with Gasteiger partial charge in [0.05, 0.1) is 12.0 Å². The van der Waals surface area contributed by atoms with Gasteiger partial charge in [0.1, 0.15) is 5.56 Å². The zero-order valence-corrected chi connectivity index (χ0v) is 12.5. The lowest BCUT2D eigenvalue weighted by Crippen LogP contribution is -2.04. The van der Waals surface area contributed by atoms with Crippen molar-refractivity contribution in [1.29, 1.82) is 0 Å². The number of rotatable bonds is 4. The average Bonchev–Trinajstić information content (AvgIpc) is 2.61. The molecule has 0 amide bonds. The number of methoxy groups -OCH3 is 1. The van der Waals surface area contributed by atoms with Crippen molar-refractivity contribution >= 4 is 17.4 Å². The summed E-state index contributed by atoms with van der Waals surface area (Å²) >= 11 is 0. The summed E-state index contributed by atoms with van der Waals surface area (Å²) in [6.07, 6.45) is 1.11. The molecule has 0 saturated heterocycles. The molecule has 0 aliphatic rings. The van der Waals surface area contributed by atoms with E-state index in [0.29, 0.717) is 5.56 Å². The molecule has 23 heavy (non-hydrogen) atoms. The Hall–Kier alpha value is -3.28. The summed E-state index contributed by atoms with van der Waals surface area (Å²) in [4.78, 5) is 32.2. The van der Waals surface area contributed by atoms with Crippen LogP contribution in [-0.2, 0) is 9.53 Å². The summed E-state index contributed by atoms with van der Waals surface area (Å²) in [6.45, 7) is 3.16. The molecule has 0 radical (unpaired) electrons. The molecular formula is C17H15NO5. The van der Waals surface area contributed by atoms with Crippen molar-refractivity contribution in [3.05, 3.63) is 88.5 Å². The van der Waals surface area contributed by atoms with E-state index in [1.54, 1.807) is 42.5 Å². The Bertz CT molecular complexity index is 710. The Labute approximate surface area is 133 Å². The Balaban J connectivity index is 0.000000379. The maximum absolute atomic E-state index is 12.1. The number of para-hydroxylation sites is 1. The van der Waals surface area contributed by atoms with Crippen molar-refractivity contribution < 1.29 is 19.2 Å². The summed E-state index contributed by atoms with van der Waals surface area (Å²) < 4.78 is 4.14. The number of ketones is 1. The number of nitro benzene ring substituents is 1. The van der Waals surface area contributed by atoms with Crippen LogP contribution < -0.4 is 0 Å². The van der Waals surface area contributed by atoms with Crippen LogP contribution in [0.4, 0.5) is 5.69 Å². The fourth-order valence-electron chi connectivity index (χ4n) is 1.65. The number of benzene rings is 2. The topological polar surface area (TPSA) is 86.5 Å². The van der Waals surface area contributed by atoms with Crippen LogP contribution in [0.2, 0.25) is 0 Å². The van der Waals surface area contributed by atoms with Gasteiger partial charge < -0.3 is 4.74 Å². The van der Waals surface area contributed by atoms with Gasteiger partial charge in [-0.05, 0) is 6.07 Å². The predicted molar refractivity (Wildman–Crippen MR) is 85.2 cm³/mol. The first kappa shape index (κ1) is 17.8. The van der Waals surface area contributed by atoms with Crippen LogP contribution in [0.3, 0.4) is 0 Å². The number of nitrogens with zero attached hydrogens (tertiary/aromatic N) is 1. The second-order valence-corrected chi connectivity index (χ2v) is 4.20. The summed E-state index contributed by atoms with van der Waals surface area (Å²) in [5.74, 6) is -0.729. The summed E-state index contributed by atoms with van der Waals surface area (Å²) in [7, 11) is 1.31. The minimum absolute atomic E-state index is 0.115. The van der Waals surface area contributed by atoms with E-state index >= 15 is 0 Å². The number of hydrogen-bond acceptors (Lipinski definition) is 5. The van der Waals surface area contributed by atoms with E-state index in [9.17, 15) is 19.7 Å². The molecule has 0 aromatic heterocycles. The van der Waals surface area contributed by atoms with Crippen LogP contribution in [0.25, 0.3) is 0 Å². The average molecular weight is 313 g/mol. The normalized spacial score (nSPS) is 9.09. The van der Waals surface area contributed by atoms with Gasteiger partial charge in [-0.1, -0.05) is 49.0 Å². The van der Waals surface area contributed by atoms with Gasteiger partial charge in [-0.2, -0.15) is 0 Å². The molecule has 0 saturated carbocycles. The Kier molecular flexibility index (Phi) is 6.87. The van der Waals surface area contributed by atoms with Crippen LogP contribution in [0, 0.1) is 10.1 Å². The second-order valence-electron chi connectivity index (χ2n) is 4.20. The highest BCUT2D eigenvalue weighted by Crippen LogP contribution is 2.20. The third-order valence-corrected chi connectivity index (χ3v) is 2.75. The van der Waals surface area contributed by atoms with Gasteiger partial charge in [-0.3, -0.25) is 14.9 Å². The van der Waals surface area contributed by atoms with Crippen LogP contribution in [0.1, 0.15) is 15.9 Å². The largest absolute Gasteiger partial charge is 0.466 e. The molecule has 0 aliphatic carbocycles. The lowest BCUT2D eigenvalue weighted by molar-refractivity contribution is -0.385. The molecule has 0 aliphatic heterocycles. The van der Waals surface area contributed by atoms with E-state index in [2.05, 4.69) is 11.3 Å². The standard InChI is InChI=1S/C13H9NO3.C4H6O2/c15-13(10-6-2-1-3-7-10)11-8-4-5-9-12(11)14(16)17;1-3-4(5)6-2/h1-9H;3H,1H2,2H3. The highest BCUT2D eigenvalue weighted by molar-refractivity contribution is 6.11. The molecule has 2 rings (SSSR count). The number of carbonyl (C=O) groups is 2. The SMILES string of the molecule is C=CC(=O)OC.O=C(c1ccccc1)c1ccccc1[N+](=O)[O-]. The van der Waals surface area contributed by atoms with E-state index in [1.807, 2.05) is 0 Å². The maximum Gasteiger partial charge on any atom is 0.329 e. The van der Waals surface area contributed by atoms with Crippen molar-refractivity contribution in [3.8, 4) is 0 Å². The lowest BCUT2D eigenvalue weighted by Gasteiger charge is -2.01. The van der Waals surface area contributed by atoms with Gasteiger partial charge in [0, 0.05) is 17.7 Å². The minimum atomic E-state index is -0.545. The molecule has 0 bridgehead atoms. The highest BCUT2D eigenvalue weighted by atomic mass is 16.6. The van der Waals surface area contributed by atoms with Gasteiger partial charge in [0.2, 0.25) is 0 Å². The number of ether oxygens (including phenoxy) is 1. The van der Waals surface area contributed by atoms with E-state index in [0.717, 1.165) is 6.08 Å². The molecule has 0 fully saturated rings. The second kappa shape index (κ2) is 8.89. The van der Waals surface area contributed by atoms with Crippen molar-refractivity contribution in [2.45, 2.75) is 0 Å². The summed E-state index contributed by atoms with van der Waals surface area (Å²) in [5.41, 5.74) is 0.395. The Morgan fingerprint density at radius 1 is 1.09 bits per heavy atom. The zero-order chi connectivity index (χ0) is 17.2. The summed E-state index contributed by atoms with van der Waals surface area (Å²) in [6, 6.07) is 14.5. The Morgan fingerprint density at radius 3 is 2.13 bits per heavy atom. The molecular weight excluding hydrogens is 298 g/mol. The monoisotopic (exact) mass is 313 g/mol. The molecule has 0 spiro atoms. The predicted octanol–water partition coefficient (Wildman–Crippen LogP) is 3.17. The minimum Gasteiger partial charge on any atom is -0.466 e. The van der Waals surface area contributed by atoms with Crippen molar-refractivity contribution in [2.75, 3.05) is 7.11 Å². The van der Waals surface area contributed by atoms with Crippen LogP contribution in [-0.4, -0.2) is 23.8 Å². The van der Waals surface area contributed by atoms with Crippen LogP contribution >= 0.6 is 0 Å². The van der Waals surface area contributed by atoms with Gasteiger partial charge in [0.15, 0.2) is 5.78 Å². The number of esters is 1. The third-order valence-electron chi connectivity index (χ3n) is 2.75. The first-order valence-corrected chi connectivity index (χ1v) is 6.54. The van der Waals surface area contributed by atoms with E-state index in [-0.39, 0.29) is 17.0 Å². The molecule has 2 aromatic rings. The first-order chi connectivity index (χ1) is 11.0. The number of nitro groups is 1. The van der Waals surface area contributed by atoms with Crippen LogP contribution in [0.15, 0.2) is 67.3 Å². The lowest BCUT2D eigenvalue weighted by atomic mass is 10.0. The molecule has 6 nitrogen and oxygen atoms in total. The number of hydrogen-bond donors (Lipinski definition) is 0. The highest BCUT2D eigenvalue weighted by Gasteiger charge is 2.19. The van der Waals surface area contributed by atoms with E-state index < -0.39 is 10.9 Å². The fraction of sp³-hybridized carbons (Fsp3) is 0.0588. The molecule has 0 unspecified atom stereocenters. The van der Waals surface area contributed by atoms with Crippen molar-refractivity contribution in [3.63, 3.8) is 0 Å². The quantitative estimate of drug-likeness (QED) is 0.284. The molecule has 0 N–H and O–H groups in total. The van der Waals surface area contributed by atoms with Crippen LogP contribution in [0.5, 0.6) is 0 Å². The Morgan fingerprint density at radius 2 is 1.65 bits per heavy atom. The number of carbonyl (C=O) groups excluding carboxylic acids is 2. The van der Waals surface area contributed by atoms with Gasteiger partial charge in [-0.15, -0.1) is 0 Å². The first-order valence-electron chi connectivity index (χ1n) is 6.54. The van der Waals surface area contributed by atoms with E-state index in [1.165, 1.54) is 19.2 Å². The van der Waals surface area contributed by atoms with Gasteiger partial charge in [-0.25, -0.2) is 4.79 Å². The van der Waals surface area contributed by atoms with Gasteiger partial charge >= 0.3 is 5.97 Å². The molecule has 118 valence electrons.